The van der Waals surface area contributed by atoms with E-state index in [1.165, 1.54) is 12.8 Å². The predicted molar refractivity (Wildman–Crippen MR) is 57.7 cm³/mol. The topological polar surface area (TPSA) is 58.9 Å². The fourth-order valence-corrected chi connectivity index (χ4v) is 2.08. The Kier molecular flexibility index (Phi) is 3.15. The van der Waals surface area contributed by atoms with Crippen LogP contribution in [0.3, 0.4) is 0 Å². The third-order valence-corrected chi connectivity index (χ3v) is 2.93. The van der Waals surface area contributed by atoms with Crippen LogP contribution in [0.4, 0.5) is 5.95 Å². The average molecular weight is 210 g/mol. The zero-order valence-electron chi connectivity index (χ0n) is 9.35. The van der Waals surface area contributed by atoms with Crippen molar-refractivity contribution >= 4 is 5.95 Å². The maximum Gasteiger partial charge on any atom is 0.245 e. The minimum absolute atomic E-state index is 0.757. The fraction of sp³-hybridized carbons (Fsp3) is 0.889. The third-order valence-electron chi connectivity index (χ3n) is 2.93. The lowest BCUT2D eigenvalue weighted by Gasteiger charge is -2.27. The van der Waals surface area contributed by atoms with Crippen molar-refractivity contribution < 1.29 is 0 Å². The summed E-state index contributed by atoms with van der Waals surface area (Å²) >= 11 is 0. The van der Waals surface area contributed by atoms with E-state index < -0.39 is 0 Å². The van der Waals surface area contributed by atoms with Gasteiger partial charge in [0.15, 0.2) is 0 Å². The number of aryl methyl sites for hydroxylation is 1. The second kappa shape index (κ2) is 4.57. The van der Waals surface area contributed by atoms with E-state index in [-0.39, 0.29) is 0 Å². The van der Waals surface area contributed by atoms with Gasteiger partial charge in [-0.2, -0.15) is 0 Å². The summed E-state index contributed by atoms with van der Waals surface area (Å²) in [5.74, 6) is 1.60. The van der Waals surface area contributed by atoms with E-state index in [4.69, 9.17) is 0 Å². The Hall–Kier alpha value is -1.17. The molecule has 0 atom stereocenters. The van der Waals surface area contributed by atoms with Gasteiger partial charge < -0.3 is 10.2 Å². The van der Waals surface area contributed by atoms with Gasteiger partial charge in [0, 0.05) is 20.6 Å². The standard InChI is InChI=1S/C9H18N6/c1-14(9-11-12-13-15(9)2)7-8-3-5-10-6-4-8/h8,10H,3-7H2,1-2H3. The number of tetrazole rings is 1. The summed E-state index contributed by atoms with van der Waals surface area (Å²) in [5, 5.41) is 14.8. The van der Waals surface area contributed by atoms with E-state index in [2.05, 4.69) is 25.7 Å². The molecule has 84 valence electrons. The number of rotatable bonds is 3. The van der Waals surface area contributed by atoms with Crippen LogP contribution in [-0.2, 0) is 7.05 Å². The van der Waals surface area contributed by atoms with Crippen LogP contribution >= 0.6 is 0 Å². The molecule has 1 aromatic heterocycles. The highest BCUT2D eigenvalue weighted by Gasteiger charge is 2.17. The van der Waals surface area contributed by atoms with Crippen LogP contribution in [-0.4, -0.2) is 46.9 Å². The van der Waals surface area contributed by atoms with Crippen LogP contribution in [0.25, 0.3) is 0 Å². The van der Waals surface area contributed by atoms with E-state index in [1.54, 1.807) is 4.68 Å². The lowest BCUT2D eigenvalue weighted by Crippen LogP contribution is -2.35. The second-order valence-electron chi connectivity index (χ2n) is 4.18. The predicted octanol–water partition coefficient (Wildman–Crippen LogP) is -0.354. The van der Waals surface area contributed by atoms with Gasteiger partial charge in [-0.1, -0.05) is 5.10 Å². The molecule has 2 heterocycles. The lowest BCUT2D eigenvalue weighted by molar-refractivity contribution is 0.376. The largest absolute Gasteiger partial charge is 0.342 e. The summed E-state index contributed by atoms with van der Waals surface area (Å²) in [6.45, 7) is 3.31. The summed E-state index contributed by atoms with van der Waals surface area (Å²) in [7, 11) is 3.92. The molecule has 1 fully saturated rings. The van der Waals surface area contributed by atoms with Crippen molar-refractivity contribution in [3.63, 3.8) is 0 Å². The Balaban J connectivity index is 1.91. The van der Waals surface area contributed by atoms with Gasteiger partial charge >= 0.3 is 0 Å². The molecule has 0 amide bonds. The molecule has 0 aromatic carbocycles. The molecule has 1 N–H and O–H groups in total. The Morgan fingerprint density at radius 1 is 1.47 bits per heavy atom. The zero-order chi connectivity index (χ0) is 10.7. The number of anilines is 1. The molecule has 6 heteroatoms. The second-order valence-corrected chi connectivity index (χ2v) is 4.18. The minimum Gasteiger partial charge on any atom is -0.342 e. The molecule has 1 aromatic rings. The van der Waals surface area contributed by atoms with Crippen molar-refractivity contribution in [3.8, 4) is 0 Å². The van der Waals surface area contributed by atoms with E-state index in [0.717, 1.165) is 31.5 Å². The van der Waals surface area contributed by atoms with E-state index in [9.17, 15) is 0 Å². The van der Waals surface area contributed by atoms with E-state index in [1.807, 2.05) is 14.1 Å². The zero-order valence-corrected chi connectivity index (χ0v) is 9.35. The summed E-state index contributed by atoms with van der Waals surface area (Å²) in [6.07, 6.45) is 2.49. The van der Waals surface area contributed by atoms with Crippen LogP contribution < -0.4 is 10.2 Å². The van der Waals surface area contributed by atoms with E-state index >= 15 is 0 Å². The van der Waals surface area contributed by atoms with Gasteiger partial charge in [0.2, 0.25) is 5.95 Å². The number of hydrogen-bond donors (Lipinski definition) is 1. The molecule has 15 heavy (non-hydrogen) atoms. The maximum atomic E-state index is 3.99. The Morgan fingerprint density at radius 3 is 2.80 bits per heavy atom. The molecule has 0 saturated carbocycles. The first-order valence-corrected chi connectivity index (χ1v) is 5.41. The van der Waals surface area contributed by atoms with Gasteiger partial charge in [0.25, 0.3) is 0 Å². The fourth-order valence-electron chi connectivity index (χ4n) is 2.08. The van der Waals surface area contributed by atoms with Crippen molar-refractivity contribution in [1.29, 1.82) is 0 Å². The van der Waals surface area contributed by atoms with Crippen molar-refractivity contribution in [2.75, 3.05) is 31.6 Å². The number of piperidine rings is 1. The molecular weight excluding hydrogens is 192 g/mol. The van der Waals surface area contributed by atoms with Crippen LogP contribution in [0.15, 0.2) is 0 Å². The average Bonchev–Trinajstić information content (AvgIpc) is 2.66. The summed E-state index contributed by atoms with van der Waals surface area (Å²) in [4.78, 5) is 2.13. The summed E-state index contributed by atoms with van der Waals surface area (Å²) < 4.78 is 1.71. The van der Waals surface area contributed by atoms with Gasteiger partial charge in [-0.15, -0.1) is 0 Å². The summed E-state index contributed by atoms with van der Waals surface area (Å²) in [5.41, 5.74) is 0. The van der Waals surface area contributed by atoms with E-state index in [0.29, 0.717) is 0 Å². The monoisotopic (exact) mass is 210 g/mol. The molecule has 1 aliphatic rings. The molecule has 2 rings (SSSR count). The van der Waals surface area contributed by atoms with Gasteiger partial charge in [-0.25, -0.2) is 4.68 Å². The molecule has 0 unspecified atom stereocenters. The number of nitrogens with zero attached hydrogens (tertiary/aromatic N) is 5. The Labute approximate surface area is 89.6 Å². The molecule has 0 radical (unpaired) electrons. The lowest BCUT2D eigenvalue weighted by atomic mass is 9.98. The van der Waals surface area contributed by atoms with Crippen LogP contribution in [0.1, 0.15) is 12.8 Å². The molecule has 1 saturated heterocycles. The van der Waals surface area contributed by atoms with Crippen molar-refractivity contribution in [2.24, 2.45) is 13.0 Å². The Bertz CT molecular complexity index is 303. The smallest absolute Gasteiger partial charge is 0.245 e. The van der Waals surface area contributed by atoms with Gasteiger partial charge in [0.05, 0.1) is 0 Å². The highest BCUT2D eigenvalue weighted by atomic mass is 15.6. The normalized spacial score (nSPS) is 18.0. The van der Waals surface area contributed by atoms with Crippen molar-refractivity contribution in [2.45, 2.75) is 12.8 Å². The van der Waals surface area contributed by atoms with Crippen molar-refractivity contribution in [1.82, 2.24) is 25.5 Å². The number of hydrogen-bond acceptors (Lipinski definition) is 5. The van der Waals surface area contributed by atoms with Crippen LogP contribution in [0.5, 0.6) is 0 Å². The van der Waals surface area contributed by atoms with Gasteiger partial charge in [-0.05, 0) is 42.3 Å². The van der Waals surface area contributed by atoms with Crippen LogP contribution in [0.2, 0.25) is 0 Å². The first-order valence-electron chi connectivity index (χ1n) is 5.41. The quantitative estimate of drug-likeness (QED) is 0.738. The Morgan fingerprint density at radius 2 is 2.20 bits per heavy atom. The summed E-state index contributed by atoms with van der Waals surface area (Å²) in [6, 6.07) is 0. The molecule has 0 aliphatic carbocycles. The number of aromatic nitrogens is 4. The number of nitrogens with one attached hydrogen (secondary N) is 1. The molecular formula is C9H18N6. The molecule has 1 aliphatic heterocycles. The highest BCUT2D eigenvalue weighted by Crippen LogP contribution is 2.15. The minimum atomic E-state index is 0.757. The SMILES string of the molecule is CN(CC1CCNCC1)c1nnnn1C. The van der Waals surface area contributed by atoms with Gasteiger partial charge in [0.1, 0.15) is 0 Å². The highest BCUT2D eigenvalue weighted by molar-refractivity contribution is 5.25. The van der Waals surface area contributed by atoms with Crippen LogP contribution in [0, 0.1) is 5.92 Å². The first-order chi connectivity index (χ1) is 7.27. The maximum absolute atomic E-state index is 3.99. The molecule has 0 spiro atoms. The molecule has 0 bridgehead atoms. The van der Waals surface area contributed by atoms with Gasteiger partial charge in [-0.3, -0.25) is 0 Å². The first kappa shape index (κ1) is 10.4. The third kappa shape index (κ3) is 2.44. The molecule has 6 nitrogen and oxygen atoms in total. The van der Waals surface area contributed by atoms with Crippen molar-refractivity contribution in [3.05, 3.63) is 0 Å².